The number of hydrogen-bond donors (Lipinski definition) is 1. The number of nitrogens with zero attached hydrogens (tertiary/aromatic N) is 1. The fraction of sp³-hybridized carbons (Fsp3) is 0.200. The molecular weight excluding hydrogens is 396 g/mol. The molecule has 0 saturated carbocycles. The first-order valence-electron chi connectivity index (χ1n) is 8.67. The van der Waals surface area contributed by atoms with Crippen LogP contribution in [0.2, 0.25) is 0 Å². The summed E-state index contributed by atoms with van der Waals surface area (Å²) in [6, 6.07) is 17.1. The van der Waals surface area contributed by atoms with E-state index in [1.807, 2.05) is 36.4 Å². The average Bonchev–Trinajstić information content (AvgIpc) is 2.73. The Kier molecular flexibility index (Phi) is 6.23. The monoisotopic (exact) mass is 416 g/mol. The van der Waals surface area contributed by atoms with Crippen molar-refractivity contribution in [1.29, 1.82) is 0 Å². The Balaban J connectivity index is 1.98. The Hall–Kier alpha value is -2.85. The van der Waals surface area contributed by atoms with E-state index in [1.165, 1.54) is 26.4 Å². The molecular formula is C20H20N2O6S. The van der Waals surface area contributed by atoms with E-state index < -0.39 is 27.3 Å². The maximum Gasteiger partial charge on any atom is 0.269 e. The lowest BCUT2D eigenvalue weighted by molar-refractivity contribution is -0.384. The highest BCUT2D eigenvalue weighted by atomic mass is 32.2. The minimum atomic E-state index is -4.00. The van der Waals surface area contributed by atoms with Gasteiger partial charge in [0.1, 0.15) is 0 Å². The third-order valence-electron chi connectivity index (χ3n) is 4.51. The molecule has 3 aromatic rings. The summed E-state index contributed by atoms with van der Waals surface area (Å²) in [5, 5.41) is 12.8. The number of nitro benzene ring substituents is 1. The zero-order valence-corrected chi connectivity index (χ0v) is 16.6. The molecule has 0 radical (unpaired) electrons. The molecule has 3 rings (SSSR count). The summed E-state index contributed by atoms with van der Waals surface area (Å²) in [4.78, 5) is 10.1. The van der Waals surface area contributed by atoms with Crippen molar-refractivity contribution < 1.29 is 22.8 Å². The highest BCUT2D eigenvalue weighted by Gasteiger charge is 2.29. The maximum absolute atomic E-state index is 12.9. The number of nitro groups is 1. The zero-order chi connectivity index (χ0) is 21.0. The standard InChI is InChI=1S/C20H20N2O6S/c1-27-20(28-2)19(16-8-7-14-5-3-4-6-15(14)13-16)21-29(25,26)18-11-9-17(10-12-18)22(23)24/h3-13,19-21H,1-2H3. The summed E-state index contributed by atoms with van der Waals surface area (Å²) < 4.78 is 39.0. The number of hydrogen-bond acceptors (Lipinski definition) is 6. The normalized spacial score (nSPS) is 12.9. The number of rotatable bonds is 8. The second kappa shape index (κ2) is 8.66. The van der Waals surface area contributed by atoms with Gasteiger partial charge in [-0.3, -0.25) is 10.1 Å². The summed E-state index contributed by atoms with van der Waals surface area (Å²) in [5.74, 6) is 0. The van der Waals surface area contributed by atoms with Crippen molar-refractivity contribution in [2.75, 3.05) is 14.2 Å². The number of fused-ring (bicyclic) bond motifs is 1. The number of benzene rings is 3. The molecule has 0 aromatic heterocycles. The van der Waals surface area contributed by atoms with Gasteiger partial charge in [0.25, 0.3) is 5.69 Å². The van der Waals surface area contributed by atoms with Crippen LogP contribution < -0.4 is 4.72 Å². The number of nitrogens with one attached hydrogen (secondary N) is 1. The van der Waals surface area contributed by atoms with E-state index in [0.29, 0.717) is 5.56 Å². The average molecular weight is 416 g/mol. The quantitative estimate of drug-likeness (QED) is 0.343. The van der Waals surface area contributed by atoms with E-state index in [4.69, 9.17) is 9.47 Å². The molecule has 0 aliphatic heterocycles. The molecule has 0 fully saturated rings. The van der Waals surface area contributed by atoms with Gasteiger partial charge in [0.2, 0.25) is 10.0 Å². The number of ether oxygens (including phenoxy) is 2. The van der Waals surface area contributed by atoms with Crippen LogP contribution in [0.25, 0.3) is 10.8 Å². The van der Waals surface area contributed by atoms with Crippen LogP contribution in [0.15, 0.2) is 71.6 Å². The second-order valence-corrected chi connectivity index (χ2v) is 8.01. The molecule has 0 spiro atoms. The van der Waals surface area contributed by atoms with Crippen molar-refractivity contribution >= 4 is 26.5 Å². The Labute approximate surface area is 168 Å². The van der Waals surface area contributed by atoms with Gasteiger partial charge in [-0.1, -0.05) is 36.4 Å². The van der Waals surface area contributed by atoms with Crippen LogP contribution in [-0.2, 0) is 19.5 Å². The van der Waals surface area contributed by atoms with Crippen molar-refractivity contribution in [3.63, 3.8) is 0 Å². The summed E-state index contributed by atoms with van der Waals surface area (Å²) >= 11 is 0. The van der Waals surface area contributed by atoms with E-state index >= 15 is 0 Å². The molecule has 0 amide bonds. The number of non-ortho nitro benzene ring substituents is 1. The lowest BCUT2D eigenvalue weighted by atomic mass is 10.0. The molecule has 1 N–H and O–H groups in total. The Bertz CT molecular complexity index is 1110. The van der Waals surface area contributed by atoms with E-state index in [2.05, 4.69) is 4.72 Å². The molecule has 1 atom stereocenters. The minimum absolute atomic E-state index is 0.0974. The predicted molar refractivity (Wildman–Crippen MR) is 108 cm³/mol. The van der Waals surface area contributed by atoms with Crippen molar-refractivity contribution in [3.8, 4) is 0 Å². The van der Waals surface area contributed by atoms with Crippen LogP contribution in [0.4, 0.5) is 5.69 Å². The fourth-order valence-corrected chi connectivity index (χ4v) is 4.24. The third-order valence-corrected chi connectivity index (χ3v) is 5.97. The predicted octanol–water partition coefficient (Wildman–Crippen LogP) is 3.39. The summed E-state index contributed by atoms with van der Waals surface area (Å²) in [7, 11) is -1.16. The summed E-state index contributed by atoms with van der Waals surface area (Å²) in [6.45, 7) is 0. The van der Waals surface area contributed by atoms with Crippen LogP contribution in [0.5, 0.6) is 0 Å². The largest absolute Gasteiger partial charge is 0.354 e. The minimum Gasteiger partial charge on any atom is -0.354 e. The molecule has 0 aliphatic rings. The Morgan fingerprint density at radius 3 is 2.14 bits per heavy atom. The van der Waals surface area contributed by atoms with Gasteiger partial charge in [-0.2, -0.15) is 4.72 Å². The highest BCUT2D eigenvalue weighted by Crippen LogP contribution is 2.26. The van der Waals surface area contributed by atoms with Gasteiger partial charge >= 0.3 is 0 Å². The van der Waals surface area contributed by atoms with E-state index in [1.54, 1.807) is 6.07 Å². The lowest BCUT2D eigenvalue weighted by Gasteiger charge is -2.26. The zero-order valence-electron chi connectivity index (χ0n) is 15.8. The first-order valence-corrected chi connectivity index (χ1v) is 10.1. The van der Waals surface area contributed by atoms with Crippen molar-refractivity contribution in [2.45, 2.75) is 17.2 Å². The molecule has 8 nitrogen and oxygen atoms in total. The SMILES string of the molecule is COC(OC)C(NS(=O)(=O)c1ccc([N+](=O)[O-])cc1)c1ccc2ccccc2c1. The van der Waals surface area contributed by atoms with Crippen LogP contribution in [0, 0.1) is 10.1 Å². The summed E-state index contributed by atoms with van der Waals surface area (Å²) in [5.41, 5.74) is 0.463. The van der Waals surface area contributed by atoms with Crippen molar-refractivity contribution in [1.82, 2.24) is 4.72 Å². The number of methoxy groups -OCH3 is 2. The second-order valence-electron chi connectivity index (χ2n) is 6.30. The van der Waals surface area contributed by atoms with E-state index in [-0.39, 0.29) is 10.6 Å². The van der Waals surface area contributed by atoms with Crippen LogP contribution in [0.3, 0.4) is 0 Å². The first-order chi connectivity index (χ1) is 13.9. The highest BCUT2D eigenvalue weighted by molar-refractivity contribution is 7.89. The fourth-order valence-electron chi connectivity index (χ4n) is 3.03. The van der Waals surface area contributed by atoms with Crippen LogP contribution in [-0.4, -0.2) is 33.9 Å². The Morgan fingerprint density at radius 2 is 1.55 bits per heavy atom. The molecule has 29 heavy (non-hydrogen) atoms. The molecule has 3 aromatic carbocycles. The molecule has 9 heteroatoms. The van der Waals surface area contributed by atoms with Gasteiger partial charge < -0.3 is 9.47 Å². The van der Waals surface area contributed by atoms with E-state index in [9.17, 15) is 18.5 Å². The van der Waals surface area contributed by atoms with Gasteiger partial charge in [-0.25, -0.2) is 8.42 Å². The van der Waals surface area contributed by atoms with Crippen LogP contribution >= 0.6 is 0 Å². The van der Waals surface area contributed by atoms with Gasteiger partial charge in [0.05, 0.1) is 15.9 Å². The van der Waals surface area contributed by atoms with E-state index in [0.717, 1.165) is 22.9 Å². The maximum atomic E-state index is 12.9. The molecule has 0 heterocycles. The smallest absolute Gasteiger partial charge is 0.269 e. The van der Waals surface area contributed by atoms with Crippen molar-refractivity contribution in [2.24, 2.45) is 0 Å². The van der Waals surface area contributed by atoms with Gasteiger partial charge in [0.15, 0.2) is 6.29 Å². The number of sulfonamides is 1. The molecule has 0 aliphatic carbocycles. The molecule has 152 valence electrons. The Morgan fingerprint density at radius 1 is 0.931 bits per heavy atom. The van der Waals surface area contributed by atoms with Gasteiger partial charge in [-0.15, -0.1) is 0 Å². The topological polar surface area (TPSA) is 108 Å². The first kappa shape index (κ1) is 20.9. The molecule has 0 saturated heterocycles. The molecule has 1 unspecified atom stereocenters. The molecule has 0 bridgehead atoms. The van der Waals surface area contributed by atoms with Crippen molar-refractivity contribution in [3.05, 3.63) is 82.4 Å². The van der Waals surface area contributed by atoms with Gasteiger partial charge in [0, 0.05) is 26.4 Å². The van der Waals surface area contributed by atoms with Gasteiger partial charge in [-0.05, 0) is 34.5 Å². The van der Waals surface area contributed by atoms with Crippen LogP contribution in [0.1, 0.15) is 11.6 Å². The summed E-state index contributed by atoms with van der Waals surface area (Å²) in [6.07, 6.45) is -0.885. The third kappa shape index (κ3) is 4.60. The lowest BCUT2D eigenvalue weighted by Crippen LogP contribution is -2.38.